The van der Waals surface area contributed by atoms with Crippen molar-refractivity contribution >= 4 is 21.9 Å². The molecule has 0 saturated heterocycles. The van der Waals surface area contributed by atoms with Crippen LogP contribution in [0.5, 0.6) is 0 Å². The maximum Gasteiger partial charge on any atom is 0.136 e. The van der Waals surface area contributed by atoms with Gasteiger partial charge in [-0.25, -0.2) is 0 Å². The van der Waals surface area contributed by atoms with Crippen molar-refractivity contribution in [2.45, 2.75) is 0 Å². The molecule has 4 rings (SSSR count). The first kappa shape index (κ1) is 10.3. The van der Waals surface area contributed by atoms with Crippen LogP contribution >= 0.6 is 0 Å². The Kier molecular flexibility index (Phi) is 2.15. The van der Waals surface area contributed by atoms with Crippen molar-refractivity contribution in [2.24, 2.45) is 0 Å². The number of aromatic nitrogens is 1. The van der Waals surface area contributed by atoms with Gasteiger partial charge in [0.1, 0.15) is 11.2 Å². The van der Waals surface area contributed by atoms with E-state index >= 15 is 0 Å². The van der Waals surface area contributed by atoms with Gasteiger partial charge in [-0.1, -0.05) is 24.3 Å². The summed E-state index contributed by atoms with van der Waals surface area (Å²) in [6.45, 7) is 0. The zero-order valence-corrected chi connectivity index (χ0v) is 10.1. The van der Waals surface area contributed by atoms with Gasteiger partial charge in [0.25, 0.3) is 0 Å². The van der Waals surface area contributed by atoms with Gasteiger partial charge in [-0.3, -0.25) is 4.98 Å². The summed E-state index contributed by atoms with van der Waals surface area (Å²) in [5.74, 6) is 0. The Hall–Kier alpha value is -2.61. The molecule has 0 N–H and O–H groups in total. The largest absolute Gasteiger partial charge is 0.456 e. The highest BCUT2D eigenvalue weighted by Gasteiger charge is 2.11. The molecule has 0 amide bonds. The van der Waals surface area contributed by atoms with E-state index in [0.29, 0.717) is 0 Å². The summed E-state index contributed by atoms with van der Waals surface area (Å²) in [6.07, 6.45) is 1.81. The van der Waals surface area contributed by atoms with Gasteiger partial charge in [0.15, 0.2) is 0 Å². The molecule has 0 spiro atoms. The van der Waals surface area contributed by atoms with Crippen LogP contribution in [0.3, 0.4) is 0 Å². The lowest BCUT2D eigenvalue weighted by Crippen LogP contribution is -1.82. The van der Waals surface area contributed by atoms with E-state index in [1.165, 1.54) is 0 Å². The highest BCUT2D eigenvalue weighted by Crippen LogP contribution is 2.35. The first-order chi connectivity index (χ1) is 9.43. The van der Waals surface area contributed by atoms with Gasteiger partial charge in [-0.15, -0.1) is 0 Å². The number of hydrogen-bond acceptors (Lipinski definition) is 2. The number of nitrogens with zero attached hydrogens (tertiary/aromatic N) is 1. The molecule has 2 aromatic heterocycles. The first-order valence-electron chi connectivity index (χ1n) is 6.16. The smallest absolute Gasteiger partial charge is 0.136 e. The molecule has 0 aliphatic rings. The molecule has 89 valence electrons. The second-order valence-corrected chi connectivity index (χ2v) is 4.42. The zero-order chi connectivity index (χ0) is 12.7. The molecule has 0 saturated carbocycles. The Morgan fingerprint density at radius 2 is 1.95 bits per heavy atom. The fraction of sp³-hybridized carbons (Fsp3) is 0. The van der Waals surface area contributed by atoms with Crippen LogP contribution in [-0.2, 0) is 0 Å². The van der Waals surface area contributed by atoms with Crippen molar-refractivity contribution in [3.8, 4) is 11.3 Å². The quantitative estimate of drug-likeness (QED) is 0.494. The van der Waals surface area contributed by atoms with Crippen molar-refractivity contribution in [3.05, 3.63) is 66.9 Å². The van der Waals surface area contributed by atoms with Gasteiger partial charge in [0.05, 0.1) is 5.69 Å². The molecule has 2 heterocycles. The van der Waals surface area contributed by atoms with Crippen molar-refractivity contribution in [3.63, 3.8) is 0 Å². The van der Waals surface area contributed by atoms with Crippen molar-refractivity contribution in [1.29, 1.82) is 0 Å². The SMILES string of the molecule is [c]1ccc2c(c1)oc1cccc(-c3ccccn3)c12. The first-order valence-corrected chi connectivity index (χ1v) is 6.16. The van der Waals surface area contributed by atoms with Crippen LogP contribution in [0.15, 0.2) is 65.2 Å². The van der Waals surface area contributed by atoms with Crippen molar-refractivity contribution < 1.29 is 4.42 Å². The number of benzene rings is 2. The third-order valence-corrected chi connectivity index (χ3v) is 3.28. The van der Waals surface area contributed by atoms with Gasteiger partial charge in [0.2, 0.25) is 0 Å². The maximum atomic E-state index is 5.86. The summed E-state index contributed by atoms with van der Waals surface area (Å²) in [7, 11) is 0. The number of furan rings is 1. The third-order valence-electron chi connectivity index (χ3n) is 3.28. The Bertz CT molecular complexity index is 862. The van der Waals surface area contributed by atoms with Gasteiger partial charge in [0, 0.05) is 22.5 Å². The molecule has 0 aliphatic carbocycles. The molecular formula is C17H10NO. The van der Waals surface area contributed by atoms with Crippen LogP contribution in [0.4, 0.5) is 0 Å². The lowest BCUT2D eigenvalue weighted by Gasteiger charge is -2.01. The van der Waals surface area contributed by atoms with Gasteiger partial charge < -0.3 is 4.42 Å². The number of pyridine rings is 1. The standard InChI is InChI=1S/C17H10NO/c1-2-9-15-13(6-1)17-12(7-5-10-16(17)19-15)14-8-3-4-11-18-14/h1,3-11H. The van der Waals surface area contributed by atoms with Crippen LogP contribution in [0.2, 0.25) is 0 Å². The van der Waals surface area contributed by atoms with Crippen LogP contribution in [0, 0.1) is 6.07 Å². The second-order valence-electron chi connectivity index (χ2n) is 4.42. The van der Waals surface area contributed by atoms with E-state index in [4.69, 9.17) is 4.42 Å². The molecule has 2 aromatic carbocycles. The highest BCUT2D eigenvalue weighted by atomic mass is 16.3. The van der Waals surface area contributed by atoms with Crippen LogP contribution < -0.4 is 0 Å². The van der Waals surface area contributed by atoms with Gasteiger partial charge in [-0.05, 0) is 36.4 Å². The van der Waals surface area contributed by atoms with Gasteiger partial charge in [-0.2, -0.15) is 0 Å². The normalized spacial score (nSPS) is 11.2. The minimum atomic E-state index is 0.862. The number of rotatable bonds is 1. The molecule has 2 heteroatoms. The van der Waals surface area contributed by atoms with E-state index in [-0.39, 0.29) is 0 Å². The van der Waals surface area contributed by atoms with E-state index in [9.17, 15) is 0 Å². The van der Waals surface area contributed by atoms with E-state index in [0.717, 1.165) is 33.2 Å². The lowest BCUT2D eigenvalue weighted by atomic mass is 10.0. The van der Waals surface area contributed by atoms with E-state index in [2.05, 4.69) is 17.1 Å². The number of fused-ring (bicyclic) bond motifs is 3. The molecule has 0 unspecified atom stereocenters. The highest BCUT2D eigenvalue weighted by molar-refractivity contribution is 6.11. The third kappa shape index (κ3) is 1.54. The molecule has 0 aliphatic heterocycles. The summed E-state index contributed by atoms with van der Waals surface area (Å²) < 4.78 is 5.86. The fourth-order valence-electron chi connectivity index (χ4n) is 2.45. The predicted molar refractivity (Wildman–Crippen MR) is 75.8 cm³/mol. The second kappa shape index (κ2) is 3.95. The topological polar surface area (TPSA) is 26.0 Å². The Morgan fingerprint density at radius 3 is 2.84 bits per heavy atom. The monoisotopic (exact) mass is 244 g/mol. The lowest BCUT2D eigenvalue weighted by molar-refractivity contribution is 0.669. The summed E-state index contributed by atoms with van der Waals surface area (Å²) in [6, 6.07) is 20.9. The molecule has 0 atom stereocenters. The number of hydrogen-bond donors (Lipinski definition) is 0. The molecule has 1 radical (unpaired) electrons. The van der Waals surface area contributed by atoms with Crippen LogP contribution in [0.25, 0.3) is 33.2 Å². The van der Waals surface area contributed by atoms with E-state index in [1.54, 1.807) is 0 Å². The Morgan fingerprint density at radius 1 is 0.947 bits per heavy atom. The van der Waals surface area contributed by atoms with Crippen molar-refractivity contribution in [1.82, 2.24) is 4.98 Å². The average Bonchev–Trinajstić information content (AvgIpc) is 2.86. The molecule has 0 bridgehead atoms. The predicted octanol–water partition coefficient (Wildman–Crippen LogP) is 4.45. The van der Waals surface area contributed by atoms with Crippen molar-refractivity contribution in [2.75, 3.05) is 0 Å². The summed E-state index contributed by atoms with van der Waals surface area (Å²) in [5, 5.41) is 2.22. The van der Waals surface area contributed by atoms with E-state index in [1.807, 2.05) is 54.7 Å². The Labute approximate surface area is 110 Å². The van der Waals surface area contributed by atoms with Crippen LogP contribution in [-0.4, -0.2) is 4.98 Å². The molecule has 4 aromatic rings. The molecule has 0 fully saturated rings. The summed E-state index contributed by atoms with van der Waals surface area (Å²) >= 11 is 0. The minimum Gasteiger partial charge on any atom is -0.456 e. The maximum absolute atomic E-state index is 5.86. The van der Waals surface area contributed by atoms with E-state index < -0.39 is 0 Å². The fourth-order valence-corrected chi connectivity index (χ4v) is 2.45. The summed E-state index contributed by atoms with van der Waals surface area (Å²) in [5.41, 5.74) is 3.81. The van der Waals surface area contributed by atoms with Gasteiger partial charge >= 0.3 is 0 Å². The zero-order valence-electron chi connectivity index (χ0n) is 10.1. The Balaban J connectivity index is 2.17. The minimum absolute atomic E-state index is 0.862. The average molecular weight is 244 g/mol. The molecule has 2 nitrogen and oxygen atoms in total. The molecular weight excluding hydrogens is 234 g/mol. The molecule has 19 heavy (non-hydrogen) atoms. The van der Waals surface area contributed by atoms with Crippen LogP contribution in [0.1, 0.15) is 0 Å². The summed E-state index contributed by atoms with van der Waals surface area (Å²) in [4.78, 5) is 4.44.